The van der Waals surface area contributed by atoms with Crippen molar-refractivity contribution in [2.75, 3.05) is 0 Å². The molecule has 0 bridgehead atoms. The first-order chi connectivity index (χ1) is 8.49. The monoisotopic (exact) mass is 284 g/mol. The van der Waals surface area contributed by atoms with E-state index < -0.39 is 11.9 Å². The first-order valence-electron chi connectivity index (χ1n) is 5.38. The van der Waals surface area contributed by atoms with Crippen molar-refractivity contribution < 1.29 is 9.50 Å². The Labute approximate surface area is 115 Å². The van der Waals surface area contributed by atoms with Crippen LogP contribution in [0.4, 0.5) is 4.39 Å². The molecule has 2 aromatic rings. The molecule has 4 heteroatoms. The van der Waals surface area contributed by atoms with E-state index in [-0.39, 0.29) is 0 Å². The zero-order valence-electron chi connectivity index (χ0n) is 9.62. The molecule has 0 amide bonds. The van der Waals surface area contributed by atoms with Gasteiger partial charge in [-0.2, -0.15) is 0 Å². The fourth-order valence-electron chi connectivity index (χ4n) is 1.74. The van der Waals surface area contributed by atoms with Crippen LogP contribution >= 0.6 is 23.2 Å². The van der Waals surface area contributed by atoms with Gasteiger partial charge in [0, 0.05) is 15.6 Å². The Morgan fingerprint density at radius 3 is 2.39 bits per heavy atom. The highest BCUT2D eigenvalue weighted by molar-refractivity contribution is 6.31. The molecule has 2 aromatic carbocycles. The van der Waals surface area contributed by atoms with Gasteiger partial charge in [0.15, 0.2) is 0 Å². The molecule has 0 aliphatic heterocycles. The number of aliphatic hydroxyl groups is 1. The van der Waals surface area contributed by atoms with Crippen molar-refractivity contribution in [3.63, 3.8) is 0 Å². The van der Waals surface area contributed by atoms with Crippen LogP contribution in [0.2, 0.25) is 10.0 Å². The largest absolute Gasteiger partial charge is 0.384 e. The third kappa shape index (κ3) is 2.66. The van der Waals surface area contributed by atoms with E-state index in [0.29, 0.717) is 21.2 Å². The van der Waals surface area contributed by atoms with Crippen molar-refractivity contribution in [1.29, 1.82) is 0 Å². The Kier molecular flexibility index (Phi) is 3.91. The average Bonchev–Trinajstić information content (AvgIpc) is 2.35. The molecular weight excluding hydrogens is 274 g/mol. The maximum absolute atomic E-state index is 13.2. The molecule has 0 spiro atoms. The van der Waals surface area contributed by atoms with E-state index in [2.05, 4.69) is 0 Å². The highest BCUT2D eigenvalue weighted by Gasteiger charge is 2.15. The second kappa shape index (κ2) is 5.27. The SMILES string of the molecule is Cc1cc(C(O)c2cc(F)ccc2Cl)ccc1Cl. The van der Waals surface area contributed by atoms with E-state index in [4.69, 9.17) is 23.2 Å². The summed E-state index contributed by atoms with van der Waals surface area (Å²) in [5.74, 6) is -0.431. The molecule has 0 heterocycles. The maximum atomic E-state index is 13.2. The molecule has 18 heavy (non-hydrogen) atoms. The second-order valence-corrected chi connectivity index (χ2v) is 4.89. The van der Waals surface area contributed by atoms with Crippen LogP contribution < -0.4 is 0 Å². The topological polar surface area (TPSA) is 20.2 Å². The van der Waals surface area contributed by atoms with Gasteiger partial charge >= 0.3 is 0 Å². The van der Waals surface area contributed by atoms with Gasteiger partial charge in [0.2, 0.25) is 0 Å². The summed E-state index contributed by atoms with van der Waals surface area (Å²) in [6, 6.07) is 9.07. The lowest BCUT2D eigenvalue weighted by atomic mass is 10.00. The van der Waals surface area contributed by atoms with Gasteiger partial charge in [-0.15, -0.1) is 0 Å². The number of aliphatic hydroxyl groups excluding tert-OH is 1. The van der Waals surface area contributed by atoms with Crippen LogP contribution in [0, 0.1) is 12.7 Å². The molecule has 1 unspecified atom stereocenters. The van der Waals surface area contributed by atoms with Gasteiger partial charge in [0.25, 0.3) is 0 Å². The van der Waals surface area contributed by atoms with E-state index in [1.165, 1.54) is 18.2 Å². The average molecular weight is 285 g/mol. The van der Waals surface area contributed by atoms with Gasteiger partial charge in [0.05, 0.1) is 0 Å². The van der Waals surface area contributed by atoms with Crippen LogP contribution in [0.15, 0.2) is 36.4 Å². The number of rotatable bonds is 2. The Balaban J connectivity index is 2.44. The Morgan fingerprint density at radius 2 is 1.72 bits per heavy atom. The van der Waals surface area contributed by atoms with Crippen LogP contribution in [-0.4, -0.2) is 5.11 Å². The summed E-state index contributed by atoms with van der Waals surface area (Å²) in [6.07, 6.45) is -0.968. The van der Waals surface area contributed by atoms with E-state index in [9.17, 15) is 9.50 Å². The zero-order chi connectivity index (χ0) is 13.3. The van der Waals surface area contributed by atoms with Crippen molar-refractivity contribution in [3.8, 4) is 0 Å². The lowest BCUT2D eigenvalue weighted by Gasteiger charge is -2.14. The van der Waals surface area contributed by atoms with Crippen molar-refractivity contribution in [3.05, 3.63) is 69.0 Å². The summed E-state index contributed by atoms with van der Waals surface area (Å²) < 4.78 is 13.2. The van der Waals surface area contributed by atoms with Crippen LogP contribution in [0.5, 0.6) is 0 Å². The molecule has 0 saturated heterocycles. The van der Waals surface area contributed by atoms with Crippen LogP contribution in [-0.2, 0) is 0 Å². The van der Waals surface area contributed by atoms with Crippen molar-refractivity contribution >= 4 is 23.2 Å². The minimum Gasteiger partial charge on any atom is -0.384 e. The summed E-state index contributed by atoms with van der Waals surface area (Å²) in [6.45, 7) is 1.84. The Hall–Kier alpha value is -1.09. The summed E-state index contributed by atoms with van der Waals surface area (Å²) in [5.41, 5.74) is 1.82. The molecule has 0 aliphatic carbocycles. The number of benzene rings is 2. The van der Waals surface area contributed by atoms with Gasteiger partial charge in [-0.05, 0) is 42.3 Å². The zero-order valence-corrected chi connectivity index (χ0v) is 11.1. The maximum Gasteiger partial charge on any atom is 0.123 e. The van der Waals surface area contributed by atoms with E-state index in [1.54, 1.807) is 18.2 Å². The summed E-state index contributed by atoms with van der Waals surface area (Å²) >= 11 is 11.9. The van der Waals surface area contributed by atoms with Crippen molar-refractivity contribution in [1.82, 2.24) is 0 Å². The first-order valence-corrected chi connectivity index (χ1v) is 6.13. The molecule has 94 valence electrons. The lowest BCUT2D eigenvalue weighted by Crippen LogP contribution is -2.01. The quantitative estimate of drug-likeness (QED) is 0.860. The van der Waals surface area contributed by atoms with Crippen molar-refractivity contribution in [2.24, 2.45) is 0 Å². The molecule has 0 fully saturated rings. The fourth-order valence-corrected chi connectivity index (χ4v) is 2.08. The normalized spacial score (nSPS) is 12.5. The van der Waals surface area contributed by atoms with Crippen LogP contribution in [0.3, 0.4) is 0 Å². The second-order valence-electron chi connectivity index (χ2n) is 4.08. The number of halogens is 3. The van der Waals surface area contributed by atoms with Crippen LogP contribution in [0.25, 0.3) is 0 Å². The smallest absolute Gasteiger partial charge is 0.123 e. The predicted octanol–water partition coefficient (Wildman–Crippen LogP) is 4.52. The van der Waals surface area contributed by atoms with Gasteiger partial charge in [0.1, 0.15) is 11.9 Å². The molecule has 0 saturated carbocycles. The minimum atomic E-state index is -0.968. The third-order valence-corrected chi connectivity index (χ3v) is 3.52. The van der Waals surface area contributed by atoms with Crippen molar-refractivity contribution in [2.45, 2.75) is 13.0 Å². The predicted molar refractivity (Wildman–Crippen MR) is 71.7 cm³/mol. The first kappa shape index (κ1) is 13.3. The molecule has 0 aromatic heterocycles. The highest BCUT2D eigenvalue weighted by Crippen LogP contribution is 2.30. The number of aryl methyl sites for hydroxylation is 1. The third-order valence-electron chi connectivity index (χ3n) is 2.75. The standard InChI is InChI=1S/C14H11Cl2FO/c1-8-6-9(2-4-12(8)15)14(18)11-7-10(17)3-5-13(11)16/h2-7,14,18H,1H3. The van der Waals surface area contributed by atoms with Gasteiger partial charge in [-0.3, -0.25) is 0 Å². The highest BCUT2D eigenvalue weighted by atomic mass is 35.5. The van der Waals surface area contributed by atoms with Gasteiger partial charge in [-0.1, -0.05) is 35.3 Å². The molecule has 1 atom stereocenters. The molecule has 1 N–H and O–H groups in total. The minimum absolute atomic E-state index is 0.330. The summed E-state index contributed by atoms with van der Waals surface area (Å²) in [7, 11) is 0. The summed E-state index contributed by atoms with van der Waals surface area (Å²) in [5, 5.41) is 11.2. The Morgan fingerprint density at radius 1 is 1.06 bits per heavy atom. The number of hydrogen-bond donors (Lipinski definition) is 1. The molecule has 0 aliphatic rings. The Bertz CT molecular complexity index is 584. The number of hydrogen-bond acceptors (Lipinski definition) is 1. The summed E-state index contributed by atoms with van der Waals surface area (Å²) in [4.78, 5) is 0. The molecule has 0 radical (unpaired) electrons. The van der Waals surface area contributed by atoms with E-state index in [0.717, 1.165) is 5.56 Å². The lowest BCUT2D eigenvalue weighted by molar-refractivity contribution is 0.220. The van der Waals surface area contributed by atoms with E-state index in [1.807, 2.05) is 6.92 Å². The fraction of sp³-hybridized carbons (Fsp3) is 0.143. The van der Waals surface area contributed by atoms with Gasteiger partial charge in [-0.25, -0.2) is 4.39 Å². The van der Waals surface area contributed by atoms with Crippen LogP contribution in [0.1, 0.15) is 22.8 Å². The molecule has 2 rings (SSSR count). The molecule has 1 nitrogen and oxygen atoms in total. The molecular formula is C14H11Cl2FO. The van der Waals surface area contributed by atoms with Gasteiger partial charge < -0.3 is 5.11 Å². The van der Waals surface area contributed by atoms with E-state index >= 15 is 0 Å².